The number of hydrogen-bond donors (Lipinski definition) is 2. The number of rotatable bonds is 7. The third kappa shape index (κ3) is 4.89. The topological polar surface area (TPSA) is 110 Å². The van der Waals surface area contributed by atoms with Crippen LogP contribution in [0.25, 0.3) is 0 Å². The number of thiophene rings is 1. The summed E-state index contributed by atoms with van der Waals surface area (Å²) in [5.74, 6) is -0.330. The molecule has 0 spiro atoms. The van der Waals surface area contributed by atoms with Crippen molar-refractivity contribution in [3.8, 4) is 0 Å². The predicted octanol–water partition coefficient (Wildman–Crippen LogP) is 2.65. The lowest BCUT2D eigenvalue weighted by atomic mass is 10.2. The molecule has 0 bridgehead atoms. The van der Waals surface area contributed by atoms with E-state index in [1.807, 2.05) is 13.8 Å². The normalized spacial score (nSPS) is 11.2. The monoisotopic (exact) mass is 522 g/mol. The van der Waals surface area contributed by atoms with Crippen LogP contribution in [0.2, 0.25) is 0 Å². The quantitative estimate of drug-likeness (QED) is 0.579. The second kappa shape index (κ2) is 9.18. The second-order valence-electron chi connectivity index (χ2n) is 6.18. The lowest BCUT2D eigenvalue weighted by Gasteiger charge is -2.24. The highest BCUT2D eigenvalue weighted by Crippen LogP contribution is 2.33. The number of nitrogens with two attached hydrogens (primary N) is 1. The first-order valence-corrected chi connectivity index (χ1v) is 10.5. The summed E-state index contributed by atoms with van der Waals surface area (Å²) in [4.78, 5) is 41.7. The van der Waals surface area contributed by atoms with Gasteiger partial charge in [-0.1, -0.05) is 13.8 Å². The van der Waals surface area contributed by atoms with Gasteiger partial charge in [0.05, 0.1) is 15.3 Å². The third-order valence-corrected chi connectivity index (χ3v) is 6.90. The average Bonchev–Trinajstić information content (AvgIpc) is 2.92. The highest BCUT2D eigenvalue weighted by atomic mass is 79.9. The van der Waals surface area contributed by atoms with Gasteiger partial charge in [0.25, 0.3) is 11.5 Å². The van der Waals surface area contributed by atoms with E-state index in [4.69, 9.17) is 10.5 Å². The van der Waals surface area contributed by atoms with Crippen LogP contribution in [-0.2, 0) is 11.3 Å². The SMILES string of the molecule is COCCN(C(=O)c1cc(Br)c(Br)s1)c1c(N)n(CC(C)C)c(=O)[nH]c1=O. The fourth-order valence-corrected chi connectivity index (χ4v) is 4.45. The number of nitrogens with one attached hydrogen (secondary N) is 1. The molecule has 27 heavy (non-hydrogen) atoms. The first-order valence-electron chi connectivity index (χ1n) is 8.05. The lowest BCUT2D eigenvalue weighted by Crippen LogP contribution is -2.42. The minimum absolute atomic E-state index is 0.0448. The average molecular weight is 524 g/mol. The van der Waals surface area contributed by atoms with Gasteiger partial charge in [0, 0.05) is 24.7 Å². The van der Waals surface area contributed by atoms with E-state index < -0.39 is 17.2 Å². The number of carbonyl (C=O) groups is 1. The molecule has 0 unspecified atom stereocenters. The summed E-state index contributed by atoms with van der Waals surface area (Å²) in [5.41, 5.74) is 4.78. The molecular weight excluding hydrogens is 504 g/mol. The molecule has 0 aliphatic heterocycles. The zero-order chi connectivity index (χ0) is 20.3. The Balaban J connectivity index is 2.61. The fourth-order valence-electron chi connectivity index (χ4n) is 2.47. The largest absolute Gasteiger partial charge is 0.383 e. The van der Waals surface area contributed by atoms with Gasteiger partial charge in [0.1, 0.15) is 5.82 Å². The molecule has 3 N–H and O–H groups in total. The van der Waals surface area contributed by atoms with Gasteiger partial charge in [-0.3, -0.25) is 24.0 Å². The molecule has 0 aliphatic carbocycles. The van der Waals surface area contributed by atoms with Gasteiger partial charge in [-0.05, 0) is 43.8 Å². The summed E-state index contributed by atoms with van der Waals surface area (Å²) < 4.78 is 7.83. The van der Waals surface area contributed by atoms with Gasteiger partial charge in [-0.25, -0.2) is 4.79 Å². The minimum Gasteiger partial charge on any atom is -0.383 e. The zero-order valence-corrected chi connectivity index (χ0v) is 19.0. The Morgan fingerprint density at radius 3 is 2.59 bits per heavy atom. The van der Waals surface area contributed by atoms with E-state index in [-0.39, 0.29) is 30.6 Å². The smallest absolute Gasteiger partial charge is 0.330 e. The van der Waals surface area contributed by atoms with Gasteiger partial charge in [0.15, 0.2) is 5.69 Å². The molecular formula is C16H20Br2N4O4S. The van der Waals surface area contributed by atoms with Crippen molar-refractivity contribution in [2.45, 2.75) is 20.4 Å². The van der Waals surface area contributed by atoms with Crippen LogP contribution in [0.4, 0.5) is 11.5 Å². The van der Waals surface area contributed by atoms with E-state index in [0.717, 1.165) is 8.26 Å². The Kier molecular flexibility index (Phi) is 7.43. The number of halogens is 2. The summed E-state index contributed by atoms with van der Waals surface area (Å²) in [7, 11) is 1.49. The fraction of sp³-hybridized carbons (Fsp3) is 0.438. The highest BCUT2D eigenvalue weighted by molar-refractivity contribution is 9.13. The number of ether oxygens (including phenoxy) is 1. The predicted molar refractivity (Wildman–Crippen MR) is 114 cm³/mol. The van der Waals surface area contributed by atoms with Crippen LogP contribution in [0.15, 0.2) is 23.9 Å². The number of nitrogens with zero attached hydrogens (tertiary/aromatic N) is 2. The van der Waals surface area contributed by atoms with Crippen molar-refractivity contribution in [2.24, 2.45) is 5.92 Å². The number of aromatic nitrogens is 2. The molecule has 2 aromatic heterocycles. The highest BCUT2D eigenvalue weighted by Gasteiger charge is 2.27. The molecule has 8 nitrogen and oxygen atoms in total. The molecule has 0 aliphatic rings. The molecule has 0 aromatic carbocycles. The zero-order valence-electron chi connectivity index (χ0n) is 15.0. The minimum atomic E-state index is -0.711. The summed E-state index contributed by atoms with van der Waals surface area (Å²) in [6, 6.07) is 1.66. The van der Waals surface area contributed by atoms with Crippen LogP contribution in [0.1, 0.15) is 23.5 Å². The van der Waals surface area contributed by atoms with Crippen LogP contribution in [0.5, 0.6) is 0 Å². The van der Waals surface area contributed by atoms with Crippen molar-refractivity contribution in [1.29, 1.82) is 0 Å². The summed E-state index contributed by atoms with van der Waals surface area (Å²) in [5, 5.41) is 0. The van der Waals surface area contributed by atoms with Gasteiger partial charge >= 0.3 is 5.69 Å². The van der Waals surface area contributed by atoms with E-state index in [1.54, 1.807) is 6.07 Å². The second-order valence-corrected chi connectivity index (χ2v) is 9.40. The molecule has 2 heterocycles. The van der Waals surface area contributed by atoms with Crippen LogP contribution < -0.4 is 21.9 Å². The number of hydrogen-bond acceptors (Lipinski definition) is 6. The molecule has 1 amide bonds. The lowest BCUT2D eigenvalue weighted by molar-refractivity contribution is 0.0979. The Hall–Kier alpha value is -1.43. The van der Waals surface area contributed by atoms with Gasteiger partial charge < -0.3 is 10.5 Å². The van der Waals surface area contributed by atoms with E-state index >= 15 is 0 Å². The molecule has 2 aromatic rings. The van der Waals surface area contributed by atoms with Gasteiger partial charge in [-0.2, -0.15) is 0 Å². The summed E-state index contributed by atoms with van der Waals surface area (Å²) in [6.07, 6.45) is 0. The Morgan fingerprint density at radius 2 is 2.07 bits per heavy atom. The van der Waals surface area contributed by atoms with E-state index in [9.17, 15) is 14.4 Å². The van der Waals surface area contributed by atoms with E-state index in [0.29, 0.717) is 11.4 Å². The van der Waals surface area contributed by atoms with Crippen molar-refractivity contribution in [3.63, 3.8) is 0 Å². The van der Waals surface area contributed by atoms with Crippen LogP contribution in [0.3, 0.4) is 0 Å². The van der Waals surface area contributed by atoms with Crippen LogP contribution in [0, 0.1) is 5.92 Å². The number of carbonyl (C=O) groups excluding carboxylic acids is 1. The Bertz CT molecular complexity index is 931. The molecule has 0 radical (unpaired) electrons. The van der Waals surface area contributed by atoms with Gasteiger partial charge in [0.2, 0.25) is 0 Å². The molecule has 0 atom stereocenters. The number of nitrogen functional groups attached to an aromatic ring is 1. The molecule has 2 rings (SSSR count). The standard InChI is InChI=1S/C16H20Br2N4O4S/c1-8(2)7-22-13(19)11(14(23)20-16(22)25)21(4-5-26-3)15(24)10-6-9(17)12(18)27-10/h6,8H,4-5,7,19H2,1-3H3,(H,20,23,25). The molecule has 11 heteroatoms. The van der Waals surface area contributed by atoms with E-state index in [2.05, 4.69) is 36.8 Å². The summed E-state index contributed by atoms with van der Waals surface area (Å²) in [6.45, 7) is 4.46. The third-order valence-electron chi connectivity index (χ3n) is 3.65. The number of aromatic amines is 1. The first kappa shape index (κ1) is 21.9. The number of methoxy groups -OCH3 is 1. The Labute approximate surface area is 176 Å². The molecule has 0 saturated carbocycles. The van der Waals surface area contributed by atoms with Crippen molar-refractivity contribution < 1.29 is 9.53 Å². The maximum atomic E-state index is 13.1. The number of anilines is 2. The van der Waals surface area contributed by atoms with Gasteiger partial charge in [-0.15, -0.1) is 11.3 Å². The summed E-state index contributed by atoms with van der Waals surface area (Å²) >= 11 is 7.93. The Morgan fingerprint density at radius 1 is 1.41 bits per heavy atom. The molecule has 148 valence electrons. The van der Waals surface area contributed by atoms with Crippen LogP contribution >= 0.6 is 43.2 Å². The van der Waals surface area contributed by atoms with Crippen molar-refractivity contribution in [2.75, 3.05) is 30.9 Å². The maximum Gasteiger partial charge on any atom is 0.330 e. The number of H-pyrrole nitrogens is 1. The molecule has 0 fully saturated rings. The molecule has 0 saturated heterocycles. The van der Waals surface area contributed by atoms with E-state index in [1.165, 1.54) is 27.9 Å². The van der Waals surface area contributed by atoms with Crippen LogP contribution in [-0.4, -0.2) is 35.7 Å². The van der Waals surface area contributed by atoms with Crippen molar-refractivity contribution in [1.82, 2.24) is 9.55 Å². The van der Waals surface area contributed by atoms with Crippen molar-refractivity contribution >= 4 is 60.6 Å². The van der Waals surface area contributed by atoms with Crippen molar-refractivity contribution in [3.05, 3.63) is 40.0 Å². The number of amides is 1. The first-order chi connectivity index (χ1) is 12.7. The maximum absolute atomic E-state index is 13.1.